The molecule has 0 aliphatic carbocycles. The van der Waals surface area contributed by atoms with Crippen molar-refractivity contribution in [1.82, 2.24) is 15.0 Å². The van der Waals surface area contributed by atoms with Crippen LogP contribution in [0.2, 0.25) is 5.02 Å². The van der Waals surface area contributed by atoms with Gasteiger partial charge in [-0.1, -0.05) is 23.7 Å². The zero-order valence-electron chi connectivity index (χ0n) is 15.7. The first-order chi connectivity index (χ1) is 14.5. The van der Waals surface area contributed by atoms with Crippen LogP contribution in [0.25, 0.3) is 10.7 Å². The lowest BCUT2D eigenvalue weighted by Crippen LogP contribution is -2.55. The van der Waals surface area contributed by atoms with Crippen molar-refractivity contribution < 1.29 is 25.2 Å². The Bertz CT molecular complexity index is 1000. The van der Waals surface area contributed by atoms with Gasteiger partial charge < -0.3 is 25.2 Å². The number of benzene rings is 1. The van der Waals surface area contributed by atoms with Crippen molar-refractivity contribution in [2.24, 2.45) is 0 Å². The maximum Gasteiger partial charge on any atom is 0.143 e. The average Bonchev–Trinajstić information content (AvgIpc) is 3.23. The minimum absolute atomic E-state index is 0.478. The van der Waals surface area contributed by atoms with Gasteiger partial charge in [-0.3, -0.25) is 9.97 Å². The van der Waals surface area contributed by atoms with E-state index < -0.39 is 37.1 Å². The van der Waals surface area contributed by atoms with Crippen molar-refractivity contribution in [2.45, 2.75) is 36.9 Å². The number of nitrogens with zero attached hydrogens (tertiary/aromatic N) is 3. The highest BCUT2D eigenvalue weighted by Crippen LogP contribution is 2.35. The summed E-state index contributed by atoms with van der Waals surface area (Å²) in [7, 11) is 0. The number of ether oxygens (including phenoxy) is 1. The SMILES string of the molecule is OC[C@H]1O[C@@H](c2ccc(Cl)c(Cc3cnc(-c4cnccn4)s3)c2)[C@H](O)[C@@H](O)[C@@H]1O. The van der Waals surface area contributed by atoms with E-state index >= 15 is 0 Å². The largest absolute Gasteiger partial charge is 0.394 e. The number of aromatic nitrogens is 3. The summed E-state index contributed by atoms with van der Waals surface area (Å²) in [6.45, 7) is -0.478. The molecule has 0 radical (unpaired) electrons. The monoisotopic (exact) mass is 449 g/mol. The van der Waals surface area contributed by atoms with Crippen LogP contribution in [-0.4, -0.2) is 66.4 Å². The third-order valence-corrected chi connectivity index (χ3v) is 6.38. The molecular weight excluding hydrogens is 430 g/mol. The van der Waals surface area contributed by atoms with Gasteiger partial charge >= 0.3 is 0 Å². The van der Waals surface area contributed by atoms with E-state index in [1.807, 2.05) is 0 Å². The number of halogens is 1. The lowest BCUT2D eigenvalue weighted by atomic mass is 9.90. The second-order valence-corrected chi connectivity index (χ2v) is 8.52. The summed E-state index contributed by atoms with van der Waals surface area (Å²) in [5.41, 5.74) is 2.07. The molecule has 0 spiro atoms. The molecule has 1 fully saturated rings. The zero-order valence-corrected chi connectivity index (χ0v) is 17.2. The van der Waals surface area contributed by atoms with Crippen LogP contribution in [0.15, 0.2) is 43.0 Å². The lowest BCUT2D eigenvalue weighted by molar-refractivity contribution is -0.231. The third kappa shape index (κ3) is 4.23. The molecule has 1 aliphatic heterocycles. The smallest absolute Gasteiger partial charge is 0.143 e. The predicted molar refractivity (Wildman–Crippen MR) is 110 cm³/mol. The van der Waals surface area contributed by atoms with Crippen LogP contribution in [0.4, 0.5) is 0 Å². The van der Waals surface area contributed by atoms with E-state index in [4.69, 9.17) is 16.3 Å². The van der Waals surface area contributed by atoms with E-state index in [0.717, 1.165) is 15.4 Å². The standard InChI is InChI=1S/C20H20ClN3O5S/c21-13-2-1-10(19-18(28)17(27)16(26)15(9-25)29-19)5-11(13)6-12-7-24-20(30-12)14-8-22-3-4-23-14/h1-5,7-8,15-19,25-28H,6,9H2/t15-,16-,17+,18-,19+/m1/s1. The second-order valence-electron chi connectivity index (χ2n) is 7.00. The summed E-state index contributed by atoms with van der Waals surface area (Å²) in [6, 6.07) is 5.17. The van der Waals surface area contributed by atoms with Gasteiger partial charge in [-0.2, -0.15) is 0 Å². The fourth-order valence-electron chi connectivity index (χ4n) is 3.39. The Hall–Kier alpha value is -1.98. The fourth-order valence-corrected chi connectivity index (χ4v) is 4.47. The van der Waals surface area contributed by atoms with Gasteiger partial charge in [0.25, 0.3) is 0 Å². The van der Waals surface area contributed by atoms with Gasteiger partial charge in [0.1, 0.15) is 41.2 Å². The Morgan fingerprint density at radius 1 is 1.03 bits per heavy atom. The number of thiazole rings is 1. The van der Waals surface area contributed by atoms with Gasteiger partial charge in [0.05, 0.1) is 12.8 Å². The first-order valence-corrected chi connectivity index (χ1v) is 10.5. The quantitative estimate of drug-likeness (QED) is 0.459. The van der Waals surface area contributed by atoms with E-state index in [1.165, 1.54) is 11.3 Å². The molecule has 1 saturated heterocycles. The number of aliphatic hydroxyl groups is 4. The summed E-state index contributed by atoms with van der Waals surface area (Å²) < 4.78 is 5.65. The van der Waals surface area contributed by atoms with Gasteiger partial charge in [-0.15, -0.1) is 11.3 Å². The Morgan fingerprint density at radius 3 is 2.60 bits per heavy atom. The van der Waals surface area contributed by atoms with E-state index in [0.29, 0.717) is 22.7 Å². The van der Waals surface area contributed by atoms with E-state index in [-0.39, 0.29) is 0 Å². The summed E-state index contributed by atoms with van der Waals surface area (Å²) in [5.74, 6) is 0. The van der Waals surface area contributed by atoms with Crippen LogP contribution in [0.1, 0.15) is 22.1 Å². The molecule has 0 saturated carbocycles. The van der Waals surface area contributed by atoms with Gasteiger partial charge in [0.15, 0.2) is 0 Å². The Balaban J connectivity index is 1.57. The average molecular weight is 450 g/mol. The van der Waals surface area contributed by atoms with Crippen molar-refractivity contribution in [2.75, 3.05) is 6.61 Å². The van der Waals surface area contributed by atoms with Crippen LogP contribution in [0.3, 0.4) is 0 Å². The van der Waals surface area contributed by atoms with Gasteiger partial charge in [-0.25, -0.2) is 4.98 Å². The molecule has 3 heterocycles. The molecule has 5 atom stereocenters. The molecule has 0 amide bonds. The highest BCUT2D eigenvalue weighted by atomic mass is 35.5. The fraction of sp³-hybridized carbons (Fsp3) is 0.350. The molecule has 158 valence electrons. The molecule has 4 rings (SSSR count). The molecule has 3 aromatic rings. The highest BCUT2D eigenvalue weighted by molar-refractivity contribution is 7.15. The molecule has 1 aromatic carbocycles. The van der Waals surface area contributed by atoms with Crippen LogP contribution in [0, 0.1) is 0 Å². The minimum Gasteiger partial charge on any atom is -0.394 e. The van der Waals surface area contributed by atoms with Gasteiger partial charge in [0, 0.05) is 34.9 Å². The third-order valence-electron chi connectivity index (χ3n) is 4.99. The molecule has 8 nitrogen and oxygen atoms in total. The Kier molecular flexibility index (Phi) is 6.40. The molecule has 2 aromatic heterocycles. The van der Waals surface area contributed by atoms with Crippen LogP contribution in [0.5, 0.6) is 0 Å². The Morgan fingerprint density at radius 2 is 1.87 bits per heavy atom. The predicted octanol–water partition coefficient (Wildman–Crippen LogP) is 1.36. The molecular formula is C20H20ClN3O5S. The molecule has 0 bridgehead atoms. The van der Waals surface area contributed by atoms with E-state index in [1.54, 1.807) is 43.0 Å². The number of aliphatic hydroxyl groups excluding tert-OH is 4. The van der Waals surface area contributed by atoms with Crippen LogP contribution in [-0.2, 0) is 11.2 Å². The first kappa shape index (κ1) is 21.3. The summed E-state index contributed by atoms with van der Waals surface area (Å²) >= 11 is 7.86. The zero-order chi connectivity index (χ0) is 21.3. The maximum atomic E-state index is 10.4. The number of rotatable bonds is 5. The van der Waals surface area contributed by atoms with Gasteiger partial charge in [-0.05, 0) is 17.2 Å². The maximum absolute atomic E-state index is 10.4. The molecule has 0 unspecified atom stereocenters. The number of hydrogen-bond donors (Lipinski definition) is 4. The van der Waals surface area contributed by atoms with E-state index in [2.05, 4.69) is 15.0 Å². The first-order valence-electron chi connectivity index (χ1n) is 9.28. The van der Waals surface area contributed by atoms with Crippen molar-refractivity contribution in [3.05, 3.63) is 64.0 Å². The highest BCUT2D eigenvalue weighted by Gasteiger charge is 2.44. The number of hydrogen-bond acceptors (Lipinski definition) is 9. The molecule has 30 heavy (non-hydrogen) atoms. The van der Waals surface area contributed by atoms with Gasteiger partial charge in [0.2, 0.25) is 0 Å². The van der Waals surface area contributed by atoms with Crippen molar-refractivity contribution in [1.29, 1.82) is 0 Å². The van der Waals surface area contributed by atoms with Crippen molar-refractivity contribution in [3.63, 3.8) is 0 Å². The molecule has 1 aliphatic rings. The lowest BCUT2D eigenvalue weighted by Gasteiger charge is -2.40. The molecule has 4 N–H and O–H groups in total. The van der Waals surface area contributed by atoms with Crippen molar-refractivity contribution in [3.8, 4) is 10.7 Å². The van der Waals surface area contributed by atoms with Crippen LogP contribution >= 0.6 is 22.9 Å². The molecule has 10 heteroatoms. The minimum atomic E-state index is -1.43. The topological polar surface area (TPSA) is 129 Å². The Labute approximate surface area is 181 Å². The van der Waals surface area contributed by atoms with Crippen LogP contribution < -0.4 is 0 Å². The summed E-state index contributed by atoms with van der Waals surface area (Å²) in [5, 5.41) is 41.1. The second kappa shape index (κ2) is 9.03. The summed E-state index contributed by atoms with van der Waals surface area (Å²) in [4.78, 5) is 13.7. The van der Waals surface area contributed by atoms with Crippen molar-refractivity contribution >= 4 is 22.9 Å². The van der Waals surface area contributed by atoms with E-state index in [9.17, 15) is 20.4 Å². The summed E-state index contributed by atoms with van der Waals surface area (Å²) in [6.07, 6.45) is 1.06. The normalized spacial score (nSPS) is 26.6.